The molecule has 3 aromatic rings. The predicted molar refractivity (Wildman–Crippen MR) is 147 cm³/mol. The third kappa shape index (κ3) is 4.24. The zero-order chi connectivity index (χ0) is 25.7. The van der Waals surface area contributed by atoms with Crippen LogP contribution < -0.4 is 10.6 Å². The maximum atomic E-state index is 12.3. The summed E-state index contributed by atoms with van der Waals surface area (Å²) in [6.07, 6.45) is 13.2. The van der Waals surface area contributed by atoms with Crippen molar-refractivity contribution in [2.45, 2.75) is 69.3 Å². The van der Waals surface area contributed by atoms with E-state index in [1.165, 1.54) is 59.8 Å². The van der Waals surface area contributed by atoms with Gasteiger partial charge in [0.05, 0.1) is 17.2 Å². The number of rotatable bonds is 6. The van der Waals surface area contributed by atoms with E-state index in [9.17, 15) is 9.90 Å². The molecule has 1 unspecified atom stereocenters. The molecule has 3 heterocycles. The number of carbonyl (C=O) groups is 1. The highest BCUT2D eigenvalue weighted by atomic mass is 16.5. The number of hydrogen-bond acceptors (Lipinski definition) is 3. The Hall–Kier alpha value is -2.83. The number of benzene rings is 1. The fourth-order valence-corrected chi connectivity index (χ4v) is 7.37. The molecule has 1 aromatic carbocycles. The Morgan fingerprint density at radius 2 is 2.03 bits per heavy atom. The van der Waals surface area contributed by atoms with Crippen LogP contribution in [0.5, 0.6) is 0 Å². The van der Waals surface area contributed by atoms with Crippen LogP contribution in [0.3, 0.4) is 0 Å². The van der Waals surface area contributed by atoms with Crippen molar-refractivity contribution in [3.63, 3.8) is 0 Å². The number of para-hydroxylation sites is 1. The summed E-state index contributed by atoms with van der Waals surface area (Å²) >= 11 is 0. The highest BCUT2D eigenvalue weighted by Gasteiger charge is 2.39. The fourth-order valence-electron chi connectivity index (χ4n) is 7.37. The molecular weight excluding hydrogens is 462 g/mol. The molecule has 6 rings (SSSR count). The van der Waals surface area contributed by atoms with Gasteiger partial charge in [-0.25, -0.2) is 4.79 Å². The van der Waals surface area contributed by atoms with Crippen LogP contribution >= 0.6 is 0 Å². The number of H-pyrrole nitrogens is 1. The predicted octanol–water partition coefficient (Wildman–Crippen LogP) is 4.63. The first-order valence-electron chi connectivity index (χ1n) is 13.9. The lowest BCUT2D eigenvalue weighted by molar-refractivity contribution is 0.0662. The van der Waals surface area contributed by atoms with Crippen molar-refractivity contribution in [3.8, 4) is 0 Å². The second kappa shape index (κ2) is 9.80. The average Bonchev–Trinajstić information content (AvgIpc) is 3.46. The number of ether oxygens (including phenoxy) is 1. The van der Waals surface area contributed by atoms with E-state index >= 15 is 0 Å². The number of fused-ring (bicyclic) bond motifs is 6. The van der Waals surface area contributed by atoms with Crippen LogP contribution in [-0.2, 0) is 4.74 Å². The highest BCUT2D eigenvalue weighted by molar-refractivity contribution is 5.91. The minimum absolute atomic E-state index is 0.136. The second-order valence-electron chi connectivity index (χ2n) is 11.6. The Balaban J connectivity index is 1.63. The van der Waals surface area contributed by atoms with Crippen LogP contribution in [0, 0.1) is 5.92 Å². The Kier molecular flexibility index (Phi) is 6.49. The monoisotopic (exact) mass is 501 g/mol. The first-order chi connectivity index (χ1) is 18.0. The Morgan fingerprint density at radius 3 is 2.76 bits per heavy atom. The second-order valence-corrected chi connectivity index (χ2v) is 11.6. The van der Waals surface area contributed by atoms with E-state index < -0.39 is 5.97 Å². The van der Waals surface area contributed by atoms with Gasteiger partial charge in [-0.05, 0) is 81.8 Å². The van der Waals surface area contributed by atoms with Crippen LogP contribution in [0.4, 0.5) is 0 Å². The molecule has 2 aliphatic carbocycles. The largest absolute Gasteiger partial charge is 0.478 e. The molecule has 0 bridgehead atoms. The maximum Gasteiger partial charge on any atom is 0.337 e. The van der Waals surface area contributed by atoms with Crippen molar-refractivity contribution in [3.05, 3.63) is 57.9 Å². The summed E-state index contributed by atoms with van der Waals surface area (Å²) in [5.41, 5.74) is 5.63. The van der Waals surface area contributed by atoms with Crippen LogP contribution in [0.2, 0.25) is 0 Å². The number of methoxy groups -OCH3 is 1. The van der Waals surface area contributed by atoms with Crippen molar-refractivity contribution in [2.24, 2.45) is 5.92 Å². The first-order valence-corrected chi connectivity index (χ1v) is 13.9. The third-order valence-electron chi connectivity index (χ3n) is 9.16. The average molecular weight is 502 g/mol. The molecule has 1 aliphatic heterocycles. The Labute approximate surface area is 218 Å². The topological polar surface area (TPSA) is 70.5 Å². The SMILES string of the molecule is CO[C@@H]1CC2=c3[nH]cc(C(=O)O)c3=Cn3c(cc4cccc(C5CCCCC5)c43)[C@@H]2C(CCN(C)C)C1. The summed E-state index contributed by atoms with van der Waals surface area (Å²) in [5.74, 6) is 0.306. The molecule has 0 radical (unpaired) electrons. The van der Waals surface area contributed by atoms with E-state index in [-0.39, 0.29) is 12.0 Å². The molecule has 3 aliphatic rings. The lowest BCUT2D eigenvalue weighted by Crippen LogP contribution is -2.37. The van der Waals surface area contributed by atoms with Crippen LogP contribution in [0.15, 0.2) is 30.5 Å². The summed E-state index contributed by atoms with van der Waals surface area (Å²) in [4.78, 5) is 18.0. The Morgan fingerprint density at radius 1 is 1.22 bits per heavy atom. The van der Waals surface area contributed by atoms with Crippen molar-refractivity contribution >= 4 is 28.6 Å². The van der Waals surface area contributed by atoms with E-state index in [1.807, 2.05) is 7.11 Å². The zero-order valence-corrected chi connectivity index (χ0v) is 22.3. The summed E-state index contributed by atoms with van der Waals surface area (Å²) in [6.45, 7) is 1.01. The van der Waals surface area contributed by atoms with Crippen LogP contribution in [0.25, 0.3) is 22.7 Å². The number of carboxylic acid groups (broad SMARTS) is 1. The summed E-state index contributed by atoms with van der Waals surface area (Å²) in [7, 11) is 6.08. The van der Waals surface area contributed by atoms with Gasteiger partial charge < -0.3 is 24.3 Å². The van der Waals surface area contributed by atoms with Gasteiger partial charge >= 0.3 is 5.97 Å². The molecule has 2 aromatic heterocycles. The number of hydrogen-bond donors (Lipinski definition) is 2. The van der Waals surface area contributed by atoms with Crippen molar-refractivity contribution in [1.82, 2.24) is 14.5 Å². The minimum Gasteiger partial charge on any atom is -0.478 e. The standard InChI is InChI=1S/C31H39N3O3/c1-33(2)13-12-20-14-22(37-3)16-24-28(20)27-15-21-10-7-11-23(19-8-5-4-6-9-19)30(21)34(27)18-26-25(31(35)36)17-32-29(24)26/h7,10-11,15,17-20,22,28,32H,4-6,8-9,12-14,16H2,1-3H3,(H,35,36)/t20?,22-,28+/m0/s1. The summed E-state index contributed by atoms with van der Waals surface area (Å²) < 4.78 is 8.33. The zero-order valence-electron chi connectivity index (χ0n) is 22.3. The van der Waals surface area contributed by atoms with Gasteiger partial charge in [-0.3, -0.25) is 0 Å². The van der Waals surface area contributed by atoms with Gasteiger partial charge in [0, 0.05) is 47.1 Å². The van der Waals surface area contributed by atoms with Gasteiger partial charge in [0.2, 0.25) is 0 Å². The van der Waals surface area contributed by atoms with E-state index in [2.05, 4.69) is 59.0 Å². The minimum atomic E-state index is -0.887. The molecule has 6 heteroatoms. The van der Waals surface area contributed by atoms with Crippen molar-refractivity contribution < 1.29 is 14.6 Å². The quantitative estimate of drug-likeness (QED) is 0.517. The van der Waals surface area contributed by atoms with Gasteiger partial charge in [-0.1, -0.05) is 37.5 Å². The normalized spacial score (nSPS) is 23.9. The van der Waals surface area contributed by atoms with Gasteiger partial charge in [0.15, 0.2) is 0 Å². The van der Waals surface area contributed by atoms with Crippen LogP contribution in [-0.4, -0.2) is 59.4 Å². The highest BCUT2D eigenvalue weighted by Crippen LogP contribution is 2.47. The number of carboxylic acids is 1. The number of nitrogens with zero attached hydrogens (tertiary/aromatic N) is 2. The molecule has 0 saturated heterocycles. The van der Waals surface area contributed by atoms with Crippen molar-refractivity contribution in [2.75, 3.05) is 27.7 Å². The maximum absolute atomic E-state index is 12.3. The lowest BCUT2D eigenvalue weighted by atomic mass is 9.71. The molecular formula is C31H39N3O3. The van der Waals surface area contributed by atoms with Crippen molar-refractivity contribution in [1.29, 1.82) is 0 Å². The smallest absolute Gasteiger partial charge is 0.337 e. The summed E-state index contributed by atoms with van der Waals surface area (Å²) in [6, 6.07) is 9.16. The molecule has 37 heavy (non-hydrogen) atoms. The van der Waals surface area contributed by atoms with E-state index in [1.54, 1.807) is 6.20 Å². The van der Waals surface area contributed by atoms with Gasteiger partial charge in [0.25, 0.3) is 0 Å². The molecule has 6 nitrogen and oxygen atoms in total. The molecule has 2 N–H and O–H groups in total. The number of nitrogens with one attached hydrogen (secondary N) is 1. The summed E-state index contributed by atoms with van der Waals surface area (Å²) in [5, 5.41) is 13.1. The third-order valence-corrected chi connectivity index (χ3v) is 9.16. The van der Waals surface area contributed by atoms with E-state index in [0.717, 1.165) is 36.4 Å². The molecule has 3 atom stereocenters. The van der Waals surface area contributed by atoms with Gasteiger partial charge in [0.1, 0.15) is 0 Å². The van der Waals surface area contributed by atoms with Crippen LogP contribution in [0.1, 0.15) is 84.8 Å². The van der Waals surface area contributed by atoms with E-state index in [0.29, 0.717) is 17.4 Å². The fraction of sp³-hybridized carbons (Fsp3) is 0.516. The number of aromatic amines is 1. The molecule has 2 fully saturated rings. The van der Waals surface area contributed by atoms with E-state index in [4.69, 9.17) is 4.74 Å². The number of aromatic nitrogens is 2. The molecule has 196 valence electrons. The van der Waals surface area contributed by atoms with Gasteiger partial charge in [-0.2, -0.15) is 0 Å². The Bertz CT molecular complexity index is 1440. The molecule has 2 saturated carbocycles. The molecule has 0 spiro atoms. The lowest BCUT2D eigenvalue weighted by Gasteiger charge is -2.38. The first kappa shape index (κ1) is 24.5. The van der Waals surface area contributed by atoms with Gasteiger partial charge in [-0.15, -0.1) is 0 Å². The molecule has 0 amide bonds. The number of aromatic carboxylic acids is 1.